The molecule has 1 aromatic carbocycles. The van der Waals surface area contributed by atoms with E-state index in [1.165, 1.54) is 0 Å². The molecular weight excluding hydrogens is 320 g/mol. The number of amides is 1. The van der Waals surface area contributed by atoms with E-state index in [-0.39, 0.29) is 5.91 Å². The normalized spacial score (nSPS) is 16.6. The van der Waals surface area contributed by atoms with E-state index >= 15 is 0 Å². The number of aliphatic hydroxyl groups is 1. The van der Waals surface area contributed by atoms with E-state index in [9.17, 15) is 9.90 Å². The molecule has 0 saturated carbocycles. The van der Waals surface area contributed by atoms with E-state index in [1.54, 1.807) is 25.5 Å². The number of furan rings is 1. The molecule has 1 fully saturated rings. The van der Waals surface area contributed by atoms with Gasteiger partial charge in [-0.2, -0.15) is 0 Å². The molecule has 0 aliphatic carbocycles. The Bertz CT molecular complexity index is 678. The van der Waals surface area contributed by atoms with Crippen LogP contribution in [-0.4, -0.2) is 60.6 Å². The first-order valence-electron chi connectivity index (χ1n) is 8.50. The summed E-state index contributed by atoms with van der Waals surface area (Å²) in [4.78, 5) is 16.5. The Balaban J connectivity index is 1.47. The average molecular weight is 344 g/mol. The van der Waals surface area contributed by atoms with Crippen molar-refractivity contribution in [3.05, 3.63) is 54.0 Å². The van der Waals surface area contributed by atoms with Gasteiger partial charge in [-0.05, 0) is 29.8 Å². The van der Waals surface area contributed by atoms with Crippen LogP contribution < -0.4 is 4.74 Å². The highest BCUT2D eigenvalue weighted by molar-refractivity contribution is 5.79. The zero-order valence-electron chi connectivity index (χ0n) is 14.4. The summed E-state index contributed by atoms with van der Waals surface area (Å²) in [7, 11) is 1.62. The number of nitrogens with zero attached hydrogens (tertiary/aromatic N) is 2. The average Bonchev–Trinajstić information content (AvgIpc) is 3.17. The smallest absolute Gasteiger partial charge is 0.227 e. The van der Waals surface area contributed by atoms with E-state index in [0.717, 1.165) is 24.4 Å². The minimum absolute atomic E-state index is 0.125. The summed E-state index contributed by atoms with van der Waals surface area (Å²) in [6.45, 7) is 3.37. The van der Waals surface area contributed by atoms with Crippen LogP contribution in [0, 0.1) is 0 Å². The van der Waals surface area contributed by atoms with Crippen molar-refractivity contribution in [2.45, 2.75) is 12.5 Å². The quantitative estimate of drug-likeness (QED) is 0.864. The molecule has 0 radical (unpaired) electrons. The van der Waals surface area contributed by atoms with Crippen LogP contribution in [0.2, 0.25) is 0 Å². The number of carbonyl (C=O) groups is 1. The number of β-amino-alcohol motifs (C(OH)–C–C–N with tert-alkyl or cyclic N) is 1. The molecule has 1 aromatic heterocycles. The first-order chi connectivity index (χ1) is 12.2. The Morgan fingerprint density at radius 3 is 2.72 bits per heavy atom. The van der Waals surface area contributed by atoms with Crippen LogP contribution in [0.1, 0.15) is 17.4 Å². The molecule has 25 heavy (non-hydrogen) atoms. The molecule has 6 nitrogen and oxygen atoms in total. The van der Waals surface area contributed by atoms with Crippen molar-refractivity contribution in [3.8, 4) is 5.75 Å². The lowest BCUT2D eigenvalue weighted by molar-refractivity contribution is -0.132. The van der Waals surface area contributed by atoms with Crippen molar-refractivity contribution in [1.82, 2.24) is 9.80 Å². The number of rotatable bonds is 6. The summed E-state index contributed by atoms with van der Waals surface area (Å²) < 4.78 is 10.4. The van der Waals surface area contributed by atoms with Crippen molar-refractivity contribution in [2.75, 3.05) is 39.8 Å². The van der Waals surface area contributed by atoms with Crippen molar-refractivity contribution >= 4 is 5.91 Å². The van der Waals surface area contributed by atoms with E-state index in [0.29, 0.717) is 31.8 Å². The zero-order valence-corrected chi connectivity index (χ0v) is 14.4. The predicted molar refractivity (Wildman–Crippen MR) is 93.4 cm³/mol. The van der Waals surface area contributed by atoms with Gasteiger partial charge in [0.15, 0.2) is 0 Å². The van der Waals surface area contributed by atoms with Crippen molar-refractivity contribution in [1.29, 1.82) is 0 Å². The number of aliphatic hydroxyl groups excluding tert-OH is 1. The maximum absolute atomic E-state index is 12.5. The maximum Gasteiger partial charge on any atom is 0.227 e. The van der Waals surface area contributed by atoms with Crippen molar-refractivity contribution in [2.24, 2.45) is 0 Å². The molecule has 1 aliphatic rings. The summed E-state index contributed by atoms with van der Waals surface area (Å²) in [6, 6.07) is 11.2. The number of benzene rings is 1. The molecule has 0 unspecified atom stereocenters. The number of hydrogen-bond donors (Lipinski definition) is 1. The molecule has 0 spiro atoms. The van der Waals surface area contributed by atoms with E-state index in [4.69, 9.17) is 9.15 Å². The summed E-state index contributed by atoms with van der Waals surface area (Å²) in [5.74, 6) is 1.47. The van der Waals surface area contributed by atoms with Gasteiger partial charge >= 0.3 is 0 Å². The number of methoxy groups -OCH3 is 1. The SMILES string of the molecule is COc1cccc(CC(=O)N2CCN(C[C@@H](O)c3ccco3)CC2)c1. The fourth-order valence-electron chi connectivity index (χ4n) is 3.06. The minimum Gasteiger partial charge on any atom is -0.497 e. The van der Waals surface area contributed by atoms with E-state index < -0.39 is 6.10 Å². The molecule has 1 atom stereocenters. The van der Waals surface area contributed by atoms with Crippen LogP contribution in [0.4, 0.5) is 0 Å². The molecule has 3 rings (SSSR count). The predicted octanol–water partition coefficient (Wildman–Crippen LogP) is 1.71. The van der Waals surface area contributed by atoms with Gasteiger partial charge in [-0.25, -0.2) is 0 Å². The third kappa shape index (κ3) is 4.61. The largest absolute Gasteiger partial charge is 0.497 e. The van der Waals surface area contributed by atoms with Gasteiger partial charge in [0.25, 0.3) is 0 Å². The van der Waals surface area contributed by atoms with Gasteiger partial charge in [0.2, 0.25) is 5.91 Å². The lowest BCUT2D eigenvalue weighted by Crippen LogP contribution is -2.50. The second-order valence-electron chi connectivity index (χ2n) is 6.24. The highest BCUT2D eigenvalue weighted by Gasteiger charge is 2.23. The molecule has 1 amide bonds. The van der Waals surface area contributed by atoms with Crippen LogP contribution in [-0.2, 0) is 11.2 Å². The molecule has 2 aromatic rings. The Kier molecular flexibility index (Phi) is 5.73. The van der Waals surface area contributed by atoms with E-state index in [1.807, 2.05) is 29.2 Å². The fourth-order valence-corrected chi connectivity index (χ4v) is 3.06. The Morgan fingerprint density at radius 2 is 2.04 bits per heavy atom. The van der Waals surface area contributed by atoms with Gasteiger partial charge in [0, 0.05) is 32.7 Å². The molecule has 0 bridgehead atoms. The van der Waals surface area contributed by atoms with Gasteiger partial charge in [0.05, 0.1) is 19.8 Å². The summed E-state index contributed by atoms with van der Waals surface area (Å²) >= 11 is 0. The van der Waals surface area contributed by atoms with Crippen LogP contribution in [0.25, 0.3) is 0 Å². The van der Waals surface area contributed by atoms with Crippen LogP contribution in [0.3, 0.4) is 0 Å². The van der Waals surface area contributed by atoms with Crippen LogP contribution in [0.5, 0.6) is 5.75 Å². The summed E-state index contributed by atoms with van der Waals surface area (Å²) in [5.41, 5.74) is 0.958. The standard InChI is InChI=1S/C19H24N2O4/c1-24-16-5-2-4-15(12-16)13-19(23)21-9-7-20(8-10-21)14-17(22)18-6-3-11-25-18/h2-6,11-12,17,22H,7-10,13-14H2,1H3/t17-/m1/s1. The van der Waals surface area contributed by atoms with Gasteiger partial charge in [-0.15, -0.1) is 0 Å². The monoisotopic (exact) mass is 344 g/mol. The van der Waals surface area contributed by atoms with Crippen LogP contribution >= 0.6 is 0 Å². The van der Waals surface area contributed by atoms with Gasteiger partial charge in [-0.1, -0.05) is 12.1 Å². The fraction of sp³-hybridized carbons (Fsp3) is 0.421. The van der Waals surface area contributed by atoms with Gasteiger partial charge in [-0.3, -0.25) is 9.69 Å². The lowest BCUT2D eigenvalue weighted by Gasteiger charge is -2.35. The second-order valence-corrected chi connectivity index (χ2v) is 6.24. The minimum atomic E-state index is -0.631. The van der Waals surface area contributed by atoms with Gasteiger partial charge < -0.3 is 19.2 Å². The number of carbonyl (C=O) groups excluding carboxylic acids is 1. The number of piperazine rings is 1. The highest BCUT2D eigenvalue weighted by atomic mass is 16.5. The van der Waals surface area contributed by atoms with Crippen molar-refractivity contribution in [3.63, 3.8) is 0 Å². The molecule has 2 heterocycles. The molecular formula is C19H24N2O4. The maximum atomic E-state index is 12.5. The first kappa shape index (κ1) is 17.5. The topological polar surface area (TPSA) is 66.2 Å². The molecule has 6 heteroatoms. The Labute approximate surface area is 147 Å². The van der Waals surface area contributed by atoms with Gasteiger partial charge in [0.1, 0.15) is 17.6 Å². The van der Waals surface area contributed by atoms with E-state index in [2.05, 4.69) is 4.90 Å². The number of ether oxygens (including phenoxy) is 1. The molecule has 1 aliphatic heterocycles. The molecule has 1 saturated heterocycles. The third-order valence-electron chi connectivity index (χ3n) is 4.52. The lowest BCUT2D eigenvalue weighted by atomic mass is 10.1. The third-order valence-corrected chi connectivity index (χ3v) is 4.52. The molecule has 1 N–H and O–H groups in total. The summed E-state index contributed by atoms with van der Waals surface area (Å²) in [5, 5.41) is 10.2. The Hall–Kier alpha value is -2.31. The Morgan fingerprint density at radius 1 is 1.24 bits per heavy atom. The second kappa shape index (κ2) is 8.18. The zero-order chi connectivity index (χ0) is 17.6. The number of hydrogen-bond acceptors (Lipinski definition) is 5. The first-order valence-corrected chi connectivity index (χ1v) is 8.50. The van der Waals surface area contributed by atoms with Crippen molar-refractivity contribution < 1.29 is 19.1 Å². The summed E-state index contributed by atoms with van der Waals surface area (Å²) in [6.07, 6.45) is 1.31. The van der Waals surface area contributed by atoms with Crippen LogP contribution in [0.15, 0.2) is 47.1 Å². The highest BCUT2D eigenvalue weighted by Crippen LogP contribution is 2.17. The molecule has 134 valence electrons.